The Balaban J connectivity index is 2.18. The Morgan fingerprint density at radius 3 is 2.58 bits per heavy atom. The third-order valence-electron chi connectivity index (χ3n) is 3.40. The number of nitrogens with one attached hydrogen (secondary N) is 1. The van der Waals surface area contributed by atoms with E-state index in [1.165, 1.54) is 24.3 Å². The number of hydrogen-bond acceptors (Lipinski definition) is 4. The smallest absolute Gasteiger partial charge is 0.270 e. The number of nitro benzene ring substituents is 1. The highest BCUT2D eigenvalue weighted by Crippen LogP contribution is 2.17. The first-order valence-corrected chi connectivity index (χ1v) is 7.23. The second kappa shape index (κ2) is 7.70. The number of nitriles is 1. The standard InChI is InChI=1S/C18H15N3O3/c1-13(15-7-3-2-4-8-15)20-18(22)16(12-19)10-14-6-5-9-17(11-14)21(23)24/h2-11,13H,1H3,(H,20,22). The Labute approximate surface area is 139 Å². The SMILES string of the molecule is CC(NC(=O)C(C#N)=Cc1cccc([N+](=O)[O-])c1)c1ccccc1. The maximum atomic E-state index is 12.2. The fraction of sp³-hybridized carbons (Fsp3) is 0.111. The topological polar surface area (TPSA) is 96.0 Å². The zero-order valence-corrected chi connectivity index (χ0v) is 13.0. The molecule has 120 valence electrons. The van der Waals surface area contributed by atoms with Crippen molar-refractivity contribution in [2.24, 2.45) is 0 Å². The van der Waals surface area contributed by atoms with Crippen LogP contribution in [0.1, 0.15) is 24.1 Å². The number of nitro groups is 1. The molecule has 1 atom stereocenters. The molecule has 0 aliphatic rings. The third kappa shape index (κ3) is 4.27. The normalized spacial score (nSPS) is 12.1. The molecule has 0 saturated carbocycles. The highest BCUT2D eigenvalue weighted by molar-refractivity contribution is 6.01. The zero-order chi connectivity index (χ0) is 17.5. The Kier molecular flexibility index (Phi) is 5.42. The Morgan fingerprint density at radius 1 is 1.25 bits per heavy atom. The monoisotopic (exact) mass is 321 g/mol. The summed E-state index contributed by atoms with van der Waals surface area (Å²) in [6.07, 6.45) is 1.33. The van der Waals surface area contributed by atoms with E-state index in [2.05, 4.69) is 5.32 Å². The van der Waals surface area contributed by atoms with Gasteiger partial charge in [-0.05, 0) is 24.1 Å². The number of benzene rings is 2. The fourth-order valence-electron chi connectivity index (χ4n) is 2.14. The summed E-state index contributed by atoms with van der Waals surface area (Å²) in [7, 11) is 0. The molecule has 1 unspecified atom stereocenters. The van der Waals surface area contributed by atoms with Gasteiger partial charge in [-0.2, -0.15) is 5.26 Å². The van der Waals surface area contributed by atoms with Gasteiger partial charge in [-0.3, -0.25) is 14.9 Å². The number of nitrogens with zero attached hydrogens (tertiary/aromatic N) is 2. The van der Waals surface area contributed by atoms with Gasteiger partial charge >= 0.3 is 0 Å². The van der Waals surface area contributed by atoms with Crippen LogP contribution in [-0.2, 0) is 4.79 Å². The summed E-state index contributed by atoms with van der Waals surface area (Å²) < 4.78 is 0. The van der Waals surface area contributed by atoms with Gasteiger partial charge in [0.1, 0.15) is 11.6 Å². The van der Waals surface area contributed by atoms with E-state index in [1.54, 1.807) is 6.07 Å². The molecule has 0 heterocycles. The van der Waals surface area contributed by atoms with E-state index in [9.17, 15) is 20.2 Å². The lowest BCUT2D eigenvalue weighted by molar-refractivity contribution is -0.384. The number of rotatable bonds is 5. The van der Waals surface area contributed by atoms with Crippen LogP contribution in [0.15, 0.2) is 60.2 Å². The van der Waals surface area contributed by atoms with Crippen LogP contribution in [0.4, 0.5) is 5.69 Å². The molecule has 2 aromatic carbocycles. The summed E-state index contributed by atoms with van der Waals surface area (Å²) in [4.78, 5) is 22.5. The molecular formula is C18H15N3O3. The van der Waals surface area contributed by atoms with Crippen molar-refractivity contribution in [1.29, 1.82) is 5.26 Å². The van der Waals surface area contributed by atoms with Crippen molar-refractivity contribution in [3.8, 4) is 6.07 Å². The Morgan fingerprint density at radius 2 is 1.96 bits per heavy atom. The van der Waals surface area contributed by atoms with Crippen molar-refractivity contribution < 1.29 is 9.72 Å². The summed E-state index contributed by atoms with van der Waals surface area (Å²) in [5.74, 6) is -0.527. The van der Waals surface area contributed by atoms with Crippen molar-refractivity contribution in [2.75, 3.05) is 0 Å². The van der Waals surface area contributed by atoms with Crippen LogP contribution in [0.3, 0.4) is 0 Å². The molecule has 1 N–H and O–H groups in total. The van der Waals surface area contributed by atoms with E-state index in [-0.39, 0.29) is 17.3 Å². The molecule has 0 radical (unpaired) electrons. The van der Waals surface area contributed by atoms with Gasteiger partial charge in [-0.25, -0.2) is 0 Å². The highest BCUT2D eigenvalue weighted by Gasteiger charge is 2.14. The Hall–Kier alpha value is -3.46. The summed E-state index contributed by atoms with van der Waals surface area (Å²) in [6, 6.07) is 16.7. The number of non-ortho nitro benzene ring substituents is 1. The average Bonchev–Trinajstić information content (AvgIpc) is 2.60. The highest BCUT2D eigenvalue weighted by atomic mass is 16.6. The van der Waals surface area contributed by atoms with Crippen molar-refractivity contribution in [3.05, 3.63) is 81.4 Å². The molecule has 0 fully saturated rings. The maximum Gasteiger partial charge on any atom is 0.270 e. The van der Waals surface area contributed by atoms with Crippen LogP contribution in [0.5, 0.6) is 0 Å². The Bertz CT molecular complexity index is 823. The van der Waals surface area contributed by atoms with E-state index in [1.807, 2.05) is 43.3 Å². The molecule has 6 heteroatoms. The largest absolute Gasteiger partial charge is 0.345 e. The van der Waals surface area contributed by atoms with E-state index in [4.69, 9.17) is 0 Å². The second-order valence-electron chi connectivity index (χ2n) is 5.13. The third-order valence-corrected chi connectivity index (χ3v) is 3.40. The number of carbonyl (C=O) groups is 1. The molecule has 0 aliphatic carbocycles. The summed E-state index contributed by atoms with van der Waals surface area (Å²) >= 11 is 0. The van der Waals surface area contributed by atoms with Crippen molar-refractivity contribution in [3.63, 3.8) is 0 Å². The fourth-order valence-corrected chi connectivity index (χ4v) is 2.14. The molecule has 2 aromatic rings. The van der Waals surface area contributed by atoms with Crippen LogP contribution in [0.25, 0.3) is 6.08 Å². The van der Waals surface area contributed by atoms with Gasteiger partial charge in [0.2, 0.25) is 0 Å². The average molecular weight is 321 g/mol. The zero-order valence-electron chi connectivity index (χ0n) is 13.0. The molecule has 0 aliphatic heterocycles. The number of carbonyl (C=O) groups excluding carboxylic acids is 1. The maximum absolute atomic E-state index is 12.2. The van der Waals surface area contributed by atoms with E-state index >= 15 is 0 Å². The lowest BCUT2D eigenvalue weighted by atomic mass is 10.1. The first kappa shape index (κ1) is 16.9. The molecule has 0 spiro atoms. The van der Waals surface area contributed by atoms with Crippen LogP contribution >= 0.6 is 0 Å². The number of hydrogen-bond donors (Lipinski definition) is 1. The number of amides is 1. The molecule has 24 heavy (non-hydrogen) atoms. The molecular weight excluding hydrogens is 306 g/mol. The molecule has 6 nitrogen and oxygen atoms in total. The summed E-state index contributed by atoms with van der Waals surface area (Å²) in [5, 5.41) is 22.7. The summed E-state index contributed by atoms with van der Waals surface area (Å²) in [5.41, 5.74) is 1.12. The van der Waals surface area contributed by atoms with Gasteiger partial charge in [-0.15, -0.1) is 0 Å². The predicted octanol–water partition coefficient (Wildman–Crippen LogP) is 3.38. The van der Waals surface area contributed by atoms with Crippen LogP contribution in [0.2, 0.25) is 0 Å². The quantitative estimate of drug-likeness (QED) is 0.395. The second-order valence-corrected chi connectivity index (χ2v) is 5.13. The molecule has 0 bridgehead atoms. The van der Waals surface area contributed by atoms with Gasteiger partial charge in [0, 0.05) is 12.1 Å². The van der Waals surface area contributed by atoms with E-state index < -0.39 is 10.8 Å². The van der Waals surface area contributed by atoms with Gasteiger partial charge in [-0.1, -0.05) is 42.5 Å². The lowest BCUT2D eigenvalue weighted by Crippen LogP contribution is -2.27. The molecule has 1 amide bonds. The van der Waals surface area contributed by atoms with Crippen molar-refractivity contribution in [2.45, 2.75) is 13.0 Å². The van der Waals surface area contributed by atoms with Crippen molar-refractivity contribution >= 4 is 17.7 Å². The first-order valence-electron chi connectivity index (χ1n) is 7.23. The van der Waals surface area contributed by atoms with Gasteiger partial charge in [0.15, 0.2) is 0 Å². The minimum Gasteiger partial charge on any atom is -0.345 e. The van der Waals surface area contributed by atoms with E-state index in [0.717, 1.165) is 5.56 Å². The minimum atomic E-state index is -0.527. The first-order chi connectivity index (χ1) is 11.5. The van der Waals surface area contributed by atoms with Gasteiger partial charge in [0.05, 0.1) is 11.0 Å². The van der Waals surface area contributed by atoms with E-state index in [0.29, 0.717) is 5.56 Å². The lowest BCUT2D eigenvalue weighted by Gasteiger charge is -2.13. The predicted molar refractivity (Wildman–Crippen MR) is 89.7 cm³/mol. The van der Waals surface area contributed by atoms with Crippen LogP contribution in [-0.4, -0.2) is 10.8 Å². The minimum absolute atomic E-state index is 0.0981. The van der Waals surface area contributed by atoms with Crippen LogP contribution in [0, 0.1) is 21.4 Å². The molecule has 0 saturated heterocycles. The molecule has 2 rings (SSSR count). The van der Waals surface area contributed by atoms with Crippen LogP contribution < -0.4 is 5.32 Å². The molecule has 0 aromatic heterocycles. The van der Waals surface area contributed by atoms with Gasteiger partial charge in [0.25, 0.3) is 11.6 Å². The summed E-state index contributed by atoms with van der Waals surface area (Å²) in [6.45, 7) is 1.82. The van der Waals surface area contributed by atoms with Gasteiger partial charge < -0.3 is 5.32 Å². The van der Waals surface area contributed by atoms with Crippen molar-refractivity contribution in [1.82, 2.24) is 5.32 Å².